The summed E-state index contributed by atoms with van der Waals surface area (Å²) in [7, 11) is 0. The normalized spacial score (nSPS) is 10.4. The molecular weight excluding hydrogens is 555 g/mol. The first-order chi connectivity index (χ1) is 17.5. The minimum Gasteiger partial charge on any atom is -0.550 e. The van der Waals surface area contributed by atoms with Gasteiger partial charge in [-0.15, -0.1) is 0 Å². The molecule has 0 heterocycles. The zero-order chi connectivity index (χ0) is 27.0. The van der Waals surface area contributed by atoms with Gasteiger partial charge in [0.05, 0.1) is 0 Å². The molecule has 0 bridgehead atoms. The SMILES string of the molecule is CCCCCCCCCCCCCCCC(=O)[O-].CCCCCCCCCCCCCCCC(=O)[O-].[Pd+2]. The molecule has 0 atom stereocenters. The molecule has 0 rings (SSSR count). The molecule has 5 heteroatoms. The van der Waals surface area contributed by atoms with Gasteiger partial charge in [0, 0.05) is 11.9 Å². The summed E-state index contributed by atoms with van der Waals surface area (Å²) >= 11 is 0. The van der Waals surface area contributed by atoms with Crippen LogP contribution in [0.4, 0.5) is 0 Å². The molecular formula is C32H62O4Pd. The maximum absolute atomic E-state index is 10.2. The molecule has 0 amide bonds. The first kappa shape index (κ1) is 41.1. The van der Waals surface area contributed by atoms with Crippen LogP contribution in [0.15, 0.2) is 0 Å². The van der Waals surface area contributed by atoms with Crippen LogP contribution in [0.5, 0.6) is 0 Å². The summed E-state index contributed by atoms with van der Waals surface area (Å²) in [5.41, 5.74) is 0. The molecule has 37 heavy (non-hydrogen) atoms. The number of carboxylic acid groups (broad SMARTS) is 2. The molecule has 0 aromatic heterocycles. The monoisotopic (exact) mass is 616 g/mol. The fourth-order valence-electron chi connectivity index (χ4n) is 4.57. The fraction of sp³-hybridized carbons (Fsp3) is 0.938. The zero-order valence-corrected chi connectivity index (χ0v) is 26.3. The first-order valence-electron chi connectivity index (χ1n) is 15.9. The van der Waals surface area contributed by atoms with E-state index in [1.807, 2.05) is 0 Å². The van der Waals surface area contributed by atoms with Crippen LogP contribution in [-0.4, -0.2) is 11.9 Å². The van der Waals surface area contributed by atoms with Crippen molar-refractivity contribution in [1.29, 1.82) is 0 Å². The van der Waals surface area contributed by atoms with Crippen molar-refractivity contribution < 1.29 is 40.2 Å². The zero-order valence-electron chi connectivity index (χ0n) is 24.7. The van der Waals surface area contributed by atoms with Crippen molar-refractivity contribution in [3.05, 3.63) is 0 Å². The summed E-state index contributed by atoms with van der Waals surface area (Å²) in [6.07, 6.45) is 33.9. The second kappa shape index (κ2) is 37.8. The van der Waals surface area contributed by atoms with E-state index in [1.54, 1.807) is 0 Å². The smallest absolute Gasteiger partial charge is 0.550 e. The third kappa shape index (κ3) is 45.9. The minimum absolute atomic E-state index is 0. The van der Waals surface area contributed by atoms with Crippen molar-refractivity contribution in [2.45, 2.75) is 194 Å². The van der Waals surface area contributed by atoms with Gasteiger partial charge in [-0.1, -0.05) is 168 Å². The molecule has 0 aliphatic rings. The van der Waals surface area contributed by atoms with E-state index in [1.165, 1.54) is 141 Å². The Morgan fingerprint density at radius 2 is 0.514 bits per heavy atom. The van der Waals surface area contributed by atoms with Gasteiger partial charge < -0.3 is 19.8 Å². The summed E-state index contributed by atoms with van der Waals surface area (Å²) < 4.78 is 0. The third-order valence-corrected chi connectivity index (χ3v) is 6.97. The van der Waals surface area contributed by atoms with Crippen molar-refractivity contribution in [3.63, 3.8) is 0 Å². The van der Waals surface area contributed by atoms with Crippen molar-refractivity contribution in [3.8, 4) is 0 Å². The van der Waals surface area contributed by atoms with Gasteiger partial charge in [-0.05, 0) is 25.7 Å². The molecule has 0 aromatic carbocycles. The van der Waals surface area contributed by atoms with E-state index in [9.17, 15) is 19.8 Å². The Bertz CT molecular complexity index is 403. The molecule has 0 radical (unpaired) electrons. The van der Waals surface area contributed by atoms with Gasteiger partial charge >= 0.3 is 20.4 Å². The number of rotatable bonds is 28. The number of aliphatic carboxylic acids is 2. The van der Waals surface area contributed by atoms with E-state index in [2.05, 4.69) is 13.8 Å². The average Bonchev–Trinajstić information content (AvgIpc) is 2.85. The van der Waals surface area contributed by atoms with E-state index >= 15 is 0 Å². The van der Waals surface area contributed by atoms with Gasteiger partial charge in [0.2, 0.25) is 0 Å². The maximum atomic E-state index is 10.2. The minimum atomic E-state index is -0.905. The van der Waals surface area contributed by atoms with Gasteiger partial charge in [0.1, 0.15) is 0 Å². The van der Waals surface area contributed by atoms with Gasteiger partial charge in [-0.3, -0.25) is 0 Å². The van der Waals surface area contributed by atoms with E-state index in [0.29, 0.717) is 0 Å². The molecule has 4 nitrogen and oxygen atoms in total. The topological polar surface area (TPSA) is 80.3 Å². The molecule has 0 aliphatic heterocycles. The summed E-state index contributed by atoms with van der Waals surface area (Å²) in [6, 6.07) is 0. The van der Waals surface area contributed by atoms with Crippen LogP contribution >= 0.6 is 0 Å². The number of carboxylic acids is 2. The van der Waals surface area contributed by atoms with Crippen molar-refractivity contribution >= 4 is 11.9 Å². The second-order valence-corrected chi connectivity index (χ2v) is 10.7. The number of carbonyl (C=O) groups is 2. The Morgan fingerprint density at radius 1 is 0.351 bits per heavy atom. The number of hydrogen-bond donors (Lipinski definition) is 0. The van der Waals surface area contributed by atoms with Crippen LogP contribution in [0, 0.1) is 0 Å². The predicted octanol–water partition coefficient (Wildman–Crippen LogP) is 8.43. The van der Waals surface area contributed by atoms with Crippen molar-refractivity contribution in [1.82, 2.24) is 0 Å². The molecule has 0 saturated carbocycles. The second-order valence-electron chi connectivity index (χ2n) is 10.7. The third-order valence-electron chi connectivity index (χ3n) is 6.97. The van der Waals surface area contributed by atoms with Gasteiger partial charge in [0.25, 0.3) is 0 Å². The summed E-state index contributed by atoms with van der Waals surface area (Å²) in [4.78, 5) is 20.4. The van der Waals surface area contributed by atoms with Crippen LogP contribution in [0.25, 0.3) is 0 Å². The Hall–Kier alpha value is -0.398. The quantitative estimate of drug-likeness (QED) is 0.0652. The van der Waals surface area contributed by atoms with E-state index in [0.717, 1.165) is 25.7 Å². The molecule has 224 valence electrons. The van der Waals surface area contributed by atoms with E-state index in [4.69, 9.17) is 0 Å². The maximum Gasteiger partial charge on any atom is 2.00 e. The molecule has 0 N–H and O–H groups in total. The average molecular weight is 617 g/mol. The molecule has 0 fully saturated rings. The van der Waals surface area contributed by atoms with E-state index in [-0.39, 0.29) is 33.3 Å². The van der Waals surface area contributed by atoms with Crippen LogP contribution in [0.1, 0.15) is 194 Å². The summed E-state index contributed by atoms with van der Waals surface area (Å²) in [5, 5.41) is 20.4. The van der Waals surface area contributed by atoms with Crippen LogP contribution < -0.4 is 10.2 Å². The predicted molar refractivity (Wildman–Crippen MR) is 151 cm³/mol. The van der Waals surface area contributed by atoms with Gasteiger partial charge in [-0.25, -0.2) is 0 Å². The van der Waals surface area contributed by atoms with E-state index < -0.39 is 11.9 Å². The number of hydrogen-bond acceptors (Lipinski definition) is 4. The molecule has 0 aliphatic carbocycles. The fourth-order valence-corrected chi connectivity index (χ4v) is 4.57. The summed E-state index contributed by atoms with van der Waals surface area (Å²) in [5.74, 6) is -1.81. The Morgan fingerprint density at radius 3 is 0.676 bits per heavy atom. The first-order valence-corrected chi connectivity index (χ1v) is 15.9. The van der Waals surface area contributed by atoms with Gasteiger partial charge in [-0.2, -0.15) is 0 Å². The van der Waals surface area contributed by atoms with Crippen LogP contribution in [0.2, 0.25) is 0 Å². The largest absolute Gasteiger partial charge is 2.00 e. The van der Waals surface area contributed by atoms with Crippen molar-refractivity contribution in [2.75, 3.05) is 0 Å². The molecule has 0 unspecified atom stereocenters. The van der Waals surface area contributed by atoms with Crippen molar-refractivity contribution in [2.24, 2.45) is 0 Å². The molecule has 0 spiro atoms. The molecule has 0 saturated heterocycles. The Balaban J connectivity index is -0.000000608. The standard InChI is InChI=1S/2C16H32O2.Pd/c2*1-2-3-4-5-6-7-8-9-10-11-12-13-14-15-16(17)18;/h2*2-15H2,1H3,(H,17,18);/q;;+2/p-2. The van der Waals surface area contributed by atoms with Crippen LogP contribution in [0.3, 0.4) is 0 Å². The van der Waals surface area contributed by atoms with Crippen LogP contribution in [-0.2, 0) is 30.0 Å². The molecule has 0 aromatic rings. The number of unbranched alkanes of at least 4 members (excludes halogenated alkanes) is 24. The van der Waals surface area contributed by atoms with Gasteiger partial charge in [0.15, 0.2) is 0 Å². The summed E-state index contributed by atoms with van der Waals surface area (Å²) in [6.45, 7) is 4.51. The Kier molecular flexibility index (Phi) is 41.9. The Labute approximate surface area is 245 Å². The number of carbonyl (C=O) groups excluding carboxylic acids is 2.